The summed E-state index contributed by atoms with van der Waals surface area (Å²) in [7, 11) is -4.10. The summed E-state index contributed by atoms with van der Waals surface area (Å²) in [5, 5.41) is 8.77. The molecule has 2 rings (SSSR count). The molecular weight excluding hydrogens is 406 g/mol. The molecule has 29 heavy (non-hydrogen) atoms. The summed E-state index contributed by atoms with van der Waals surface area (Å²) in [4.78, 5) is 11.5. The molecule has 7 nitrogen and oxygen atoms in total. The van der Waals surface area contributed by atoms with Crippen molar-refractivity contribution in [1.82, 2.24) is 9.79 Å². The van der Waals surface area contributed by atoms with Gasteiger partial charge in [-0.15, -0.1) is 0 Å². The Balaban J connectivity index is 2.19. The van der Waals surface area contributed by atoms with E-state index in [0.717, 1.165) is 4.31 Å². The number of carbonyl (C=O) groups excluding carboxylic acids is 1. The number of amides is 1. The van der Waals surface area contributed by atoms with Crippen LogP contribution in [0.2, 0.25) is 0 Å². The van der Waals surface area contributed by atoms with Crippen LogP contribution >= 0.6 is 0 Å². The Labute approximate surface area is 167 Å². The van der Waals surface area contributed by atoms with Crippen LogP contribution in [0.3, 0.4) is 0 Å². The van der Waals surface area contributed by atoms with Crippen LogP contribution in [-0.4, -0.2) is 43.7 Å². The monoisotopic (exact) mass is 428 g/mol. The van der Waals surface area contributed by atoms with E-state index in [2.05, 4.69) is 0 Å². The van der Waals surface area contributed by atoms with Crippen LogP contribution in [0.1, 0.15) is 18.4 Å². The minimum atomic E-state index is -4.10. The Bertz CT molecular complexity index is 890. The van der Waals surface area contributed by atoms with E-state index in [4.69, 9.17) is 9.94 Å². The summed E-state index contributed by atoms with van der Waals surface area (Å²) in [6.07, 6.45) is 0.927. The third-order valence-electron chi connectivity index (χ3n) is 3.98. The quantitative estimate of drug-likeness (QED) is 0.326. The van der Waals surface area contributed by atoms with Crippen LogP contribution in [0, 0.1) is 5.82 Å². The number of alkyl halides is 1. The maximum atomic E-state index is 13.1. The first-order chi connectivity index (χ1) is 13.9. The molecule has 0 heterocycles. The fourth-order valence-electron chi connectivity index (χ4n) is 2.46. The molecule has 0 aromatic heterocycles. The fraction of sp³-hybridized carbons (Fsp3) is 0.316. The number of halogens is 2. The van der Waals surface area contributed by atoms with Gasteiger partial charge in [-0.05, 0) is 54.8 Å². The average molecular weight is 428 g/mol. The van der Waals surface area contributed by atoms with Gasteiger partial charge in [0.05, 0.1) is 24.7 Å². The van der Waals surface area contributed by atoms with Gasteiger partial charge in [0.1, 0.15) is 11.6 Å². The molecule has 1 amide bonds. The van der Waals surface area contributed by atoms with Crippen LogP contribution < -0.4 is 10.2 Å². The zero-order valence-corrected chi connectivity index (χ0v) is 16.4. The molecule has 0 atom stereocenters. The molecule has 0 unspecified atom stereocenters. The number of unbranched alkanes of at least 4 members (excludes halogenated alkanes) is 1. The van der Waals surface area contributed by atoms with Crippen LogP contribution in [0.4, 0.5) is 8.78 Å². The number of rotatable bonds is 11. The molecule has 158 valence electrons. The second-order valence-corrected chi connectivity index (χ2v) is 8.09. The highest BCUT2D eigenvalue weighted by Gasteiger charge is 2.27. The molecule has 0 aliphatic carbocycles. The Hall–Kier alpha value is -2.56. The molecule has 2 aromatic carbocycles. The van der Waals surface area contributed by atoms with Crippen LogP contribution in [0.15, 0.2) is 53.4 Å². The predicted molar refractivity (Wildman–Crippen MR) is 101 cm³/mol. The topological polar surface area (TPSA) is 95.9 Å². The number of nitrogens with one attached hydrogen (secondary N) is 1. The number of hydroxylamine groups is 1. The molecule has 0 aliphatic rings. The molecule has 0 bridgehead atoms. The smallest absolute Gasteiger partial charge is 0.258 e. The second kappa shape index (κ2) is 10.8. The lowest BCUT2D eigenvalue weighted by molar-refractivity contribution is -0.129. The predicted octanol–water partition coefficient (Wildman–Crippen LogP) is 2.65. The Kier molecular flexibility index (Phi) is 8.50. The zero-order chi connectivity index (χ0) is 21.3. The third kappa shape index (κ3) is 6.77. The van der Waals surface area contributed by atoms with Crippen molar-refractivity contribution in [3.05, 3.63) is 59.9 Å². The summed E-state index contributed by atoms with van der Waals surface area (Å²) in [5.41, 5.74) is 1.87. The van der Waals surface area contributed by atoms with Gasteiger partial charge in [-0.1, -0.05) is 12.1 Å². The van der Waals surface area contributed by atoms with Crippen LogP contribution in [0.25, 0.3) is 0 Å². The Morgan fingerprint density at radius 1 is 1.07 bits per heavy atom. The SMILES string of the molecule is O=C(CN(Cc1ccc(F)cc1)S(=O)(=O)c1ccc(OCCCCF)cc1)NO. The van der Waals surface area contributed by atoms with Gasteiger partial charge in [0.2, 0.25) is 10.0 Å². The molecule has 2 N–H and O–H groups in total. The summed E-state index contributed by atoms with van der Waals surface area (Å²) in [6, 6.07) is 10.8. The first kappa shape index (κ1) is 22.7. The molecule has 2 aromatic rings. The van der Waals surface area contributed by atoms with Crippen molar-refractivity contribution >= 4 is 15.9 Å². The highest BCUT2D eigenvalue weighted by atomic mass is 32.2. The molecule has 0 aliphatic heterocycles. The van der Waals surface area contributed by atoms with Crippen molar-refractivity contribution in [3.63, 3.8) is 0 Å². The number of carbonyl (C=O) groups is 1. The van der Waals surface area contributed by atoms with Crippen molar-refractivity contribution < 1.29 is 31.9 Å². The Morgan fingerprint density at radius 3 is 2.31 bits per heavy atom. The van der Waals surface area contributed by atoms with E-state index < -0.39 is 35.0 Å². The van der Waals surface area contributed by atoms with Crippen molar-refractivity contribution in [1.29, 1.82) is 0 Å². The average Bonchev–Trinajstić information content (AvgIpc) is 2.72. The van der Waals surface area contributed by atoms with Gasteiger partial charge in [-0.2, -0.15) is 4.31 Å². The molecule has 0 spiro atoms. The molecule has 10 heteroatoms. The van der Waals surface area contributed by atoms with Crippen molar-refractivity contribution in [2.75, 3.05) is 19.8 Å². The van der Waals surface area contributed by atoms with Gasteiger partial charge in [0.25, 0.3) is 5.91 Å². The largest absolute Gasteiger partial charge is 0.494 e. The van der Waals surface area contributed by atoms with E-state index in [9.17, 15) is 22.0 Å². The summed E-state index contributed by atoms with van der Waals surface area (Å²) >= 11 is 0. The Morgan fingerprint density at radius 2 is 1.72 bits per heavy atom. The van der Waals surface area contributed by atoms with Gasteiger partial charge >= 0.3 is 0 Å². The highest BCUT2D eigenvalue weighted by Crippen LogP contribution is 2.21. The van der Waals surface area contributed by atoms with Gasteiger partial charge < -0.3 is 4.74 Å². The number of sulfonamides is 1. The van der Waals surface area contributed by atoms with Crippen molar-refractivity contribution in [3.8, 4) is 5.75 Å². The van der Waals surface area contributed by atoms with E-state index in [-0.39, 0.29) is 11.4 Å². The van der Waals surface area contributed by atoms with Gasteiger partial charge in [0, 0.05) is 6.54 Å². The summed E-state index contributed by atoms with van der Waals surface area (Å²) in [6.45, 7) is -0.940. The number of hydrogen-bond donors (Lipinski definition) is 2. The zero-order valence-electron chi connectivity index (χ0n) is 15.6. The number of nitrogens with zero attached hydrogens (tertiary/aromatic N) is 1. The maximum Gasteiger partial charge on any atom is 0.258 e. The minimum Gasteiger partial charge on any atom is -0.494 e. The van der Waals surface area contributed by atoms with E-state index in [0.29, 0.717) is 30.8 Å². The number of benzene rings is 2. The van der Waals surface area contributed by atoms with E-state index in [1.807, 2.05) is 0 Å². The van der Waals surface area contributed by atoms with E-state index in [1.165, 1.54) is 54.0 Å². The fourth-order valence-corrected chi connectivity index (χ4v) is 3.84. The summed E-state index contributed by atoms with van der Waals surface area (Å²) in [5.74, 6) is -0.956. The first-order valence-corrected chi connectivity index (χ1v) is 10.3. The molecular formula is C19H22F2N2O5S. The van der Waals surface area contributed by atoms with E-state index in [1.54, 1.807) is 0 Å². The first-order valence-electron chi connectivity index (χ1n) is 8.83. The minimum absolute atomic E-state index is 0.0820. The number of hydrogen-bond acceptors (Lipinski definition) is 5. The normalized spacial score (nSPS) is 11.4. The van der Waals surface area contributed by atoms with Gasteiger partial charge in [-0.25, -0.2) is 18.3 Å². The van der Waals surface area contributed by atoms with Crippen molar-refractivity contribution in [2.24, 2.45) is 0 Å². The standard InChI is InChI=1S/C19H22F2N2O5S/c20-11-1-2-12-28-17-7-9-18(10-8-17)29(26,27)23(14-19(24)22-25)13-15-3-5-16(21)6-4-15/h3-10,25H,1-2,11-14H2,(H,22,24). The van der Waals surface area contributed by atoms with Crippen LogP contribution in [0.5, 0.6) is 5.75 Å². The van der Waals surface area contributed by atoms with Gasteiger partial charge in [-0.3, -0.25) is 14.4 Å². The lowest BCUT2D eigenvalue weighted by Crippen LogP contribution is -2.39. The van der Waals surface area contributed by atoms with Gasteiger partial charge in [0.15, 0.2) is 0 Å². The summed E-state index contributed by atoms with van der Waals surface area (Å²) < 4.78 is 57.4. The molecule has 0 radical (unpaired) electrons. The molecule has 0 saturated heterocycles. The van der Waals surface area contributed by atoms with Crippen LogP contribution in [-0.2, 0) is 21.4 Å². The lowest BCUT2D eigenvalue weighted by atomic mass is 10.2. The number of ether oxygens (including phenoxy) is 1. The maximum absolute atomic E-state index is 13.1. The molecule has 0 saturated carbocycles. The van der Waals surface area contributed by atoms with E-state index >= 15 is 0 Å². The second-order valence-electron chi connectivity index (χ2n) is 6.15. The molecule has 0 fully saturated rings. The lowest BCUT2D eigenvalue weighted by Gasteiger charge is -2.21. The third-order valence-corrected chi connectivity index (χ3v) is 5.78. The highest BCUT2D eigenvalue weighted by molar-refractivity contribution is 7.89. The van der Waals surface area contributed by atoms with Crippen molar-refractivity contribution in [2.45, 2.75) is 24.3 Å².